The number of amides is 1. The molecule has 0 aliphatic rings. The average Bonchev–Trinajstić information content (AvgIpc) is 2.94. The Morgan fingerprint density at radius 1 is 1.43 bits per heavy atom. The number of aliphatic hydroxyl groups is 1. The lowest BCUT2D eigenvalue weighted by atomic mass is 10.0. The second-order valence-corrected chi connectivity index (χ2v) is 5.43. The fourth-order valence-corrected chi connectivity index (χ4v) is 1.92. The van der Waals surface area contributed by atoms with Crippen LogP contribution >= 0.6 is 0 Å². The molecule has 0 saturated heterocycles. The fourth-order valence-electron chi connectivity index (χ4n) is 1.92. The van der Waals surface area contributed by atoms with E-state index in [4.69, 9.17) is 4.42 Å². The van der Waals surface area contributed by atoms with Crippen LogP contribution in [-0.4, -0.2) is 22.1 Å². The molecule has 1 aromatic heterocycles. The number of oxazole rings is 1. The molecule has 1 aromatic carbocycles. The molecule has 1 unspecified atom stereocenters. The lowest BCUT2D eigenvalue weighted by Gasteiger charge is -2.14. The van der Waals surface area contributed by atoms with Crippen molar-refractivity contribution in [3.05, 3.63) is 36.2 Å². The predicted molar refractivity (Wildman–Crippen MR) is 80.8 cm³/mol. The number of aliphatic hydroxyl groups excluding tert-OH is 1. The Balaban J connectivity index is 2.11. The minimum absolute atomic E-state index is 0.0525. The first-order valence-corrected chi connectivity index (χ1v) is 6.96. The second kappa shape index (κ2) is 6.54. The van der Waals surface area contributed by atoms with E-state index in [1.807, 2.05) is 39.0 Å². The smallest absolute Gasteiger partial charge is 0.226 e. The Hall–Kier alpha value is -2.14. The number of aryl methyl sites for hydroxylation is 1. The number of nitrogens with zero attached hydrogens (tertiary/aromatic N) is 1. The molecule has 0 bridgehead atoms. The maximum Gasteiger partial charge on any atom is 0.226 e. The van der Waals surface area contributed by atoms with Crippen molar-refractivity contribution in [3.63, 3.8) is 0 Å². The van der Waals surface area contributed by atoms with Crippen LogP contribution in [0.3, 0.4) is 0 Å². The number of hydrogen-bond donors (Lipinski definition) is 2. The van der Waals surface area contributed by atoms with Crippen molar-refractivity contribution >= 4 is 11.6 Å². The standard InChI is InChI=1S/C16H20N2O3/c1-10(2)14(19)9-15(20)18-12-5-4-11(3)13(8-12)16-17-6-7-21-16/h4-8,10,14,19H,9H2,1-3H3,(H,18,20). The second-order valence-electron chi connectivity index (χ2n) is 5.43. The third kappa shape index (κ3) is 3.92. The van der Waals surface area contributed by atoms with Gasteiger partial charge in [0.2, 0.25) is 11.8 Å². The highest BCUT2D eigenvalue weighted by atomic mass is 16.3. The van der Waals surface area contributed by atoms with Crippen LogP contribution in [0.1, 0.15) is 25.8 Å². The van der Waals surface area contributed by atoms with Crippen LogP contribution in [0.15, 0.2) is 35.1 Å². The molecule has 0 aliphatic carbocycles. The van der Waals surface area contributed by atoms with Gasteiger partial charge in [0.1, 0.15) is 6.26 Å². The molecular formula is C16H20N2O3. The van der Waals surface area contributed by atoms with E-state index in [9.17, 15) is 9.90 Å². The Morgan fingerprint density at radius 3 is 2.81 bits per heavy atom. The normalized spacial score (nSPS) is 12.4. The topological polar surface area (TPSA) is 75.4 Å². The highest BCUT2D eigenvalue weighted by Crippen LogP contribution is 2.25. The molecule has 0 radical (unpaired) electrons. The zero-order valence-corrected chi connectivity index (χ0v) is 12.5. The van der Waals surface area contributed by atoms with E-state index < -0.39 is 6.10 Å². The monoisotopic (exact) mass is 288 g/mol. The Bertz CT molecular complexity index is 606. The van der Waals surface area contributed by atoms with Gasteiger partial charge in [-0.25, -0.2) is 4.98 Å². The maximum absolute atomic E-state index is 11.9. The van der Waals surface area contributed by atoms with Gasteiger partial charge in [-0.15, -0.1) is 0 Å². The number of anilines is 1. The summed E-state index contributed by atoms with van der Waals surface area (Å²) >= 11 is 0. The van der Waals surface area contributed by atoms with E-state index in [1.165, 1.54) is 6.26 Å². The first-order valence-electron chi connectivity index (χ1n) is 6.96. The molecule has 5 nitrogen and oxygen atoms in total. The summed E-state index contributed by atoms with van der Waals surface area (Å²) in [5.41, 5.74) is 2.51. The van der Waals surface area contributed by atoms with Crippen molar-refractivity contribution in [2.24, 2.45) is 5.92 Å². The lowest BCUT2D eigenvalue weighted by molar-refractivity contribution is -0.118. The van der Waals surface area contributed by atoms with Crippen molar-refractivity contribution in [3.8, 4) is 11.5 Å². The highest BCUT2D eigenvalue weighted by Gasteiger charge is 2.15. The van der Waals surface area contributed by atoms with Gasteiger partial charge in [0.25, 0.3) is 0 Å². The van der Waals surface area contributed by atoms with Crippen LogP contribution in [-0.2, 0) is 4.79 Å². The van der Waals surface area contributed by atoms with Crippen LogP contribution in [0.5, 0.6) is 0 Å². The molecular weight excluding hydrogens is 268 g/mol. The molecule has 1 heterocycles. The molecule has 1 atom stereocenters. The minimum Gasteiger partial charge on any atom is -0.445 e. The molecule has 21 heavy (non-hydrogen) atoms. The van der Waals surface area contributed by atoms with Gasteiger partial charge in [0.05, 0.1) is 18.7 Å². The SMILES string of the molecule is Cc1ccc(NC(=O)CC(O)C(C)C)cc1-c1ncco1. The molecule has 1 amide bonds. The van der Waals surface area contributed by atoms with Crippen LogP contribution in [0.25, 0.3) is 11.5 Å². The highest BCUT2D eigenvalue weighted by molar-refractivity contribution is 5.91. The average molecular weight is 288 g/mol. The molecule has 0 aliphatic heterocycles. The van der Waals surface area contributed by atoms with Gasteiger partial charge >= 0.3 is 0 Å². The van der Waals surface area contributed by atoms with Gasteiger partial charge in [0, 0.05) is 11.3 Å². The minimum atomic E-state index is -0.637. The van der Waals surface area contributed by atoms with Gasteiger partial charge < -0.3 is 14.8 Å². The quantitative estimate of drug-likeness (QED) is 0.887. The summed E-state index contributed by atoms with van der Waals surface area (Å²) in [5.74, 6) is 0.362. The van der Waals surface area contributed by atoms with E-state index >= 15 is 0 Å². The molecule has 2 aromatic rings. The Morgan fingerprint density at radius 2 is 2.19 bits per heavy atom. The number of hydrogen-bond acceptors (Lipinski definition) is 4. The Labute approximate surface area is 124 Å². The first-order chi connectivity index (χ1) is 9.97. The van der Waals surface area contributed by atoms with Crippen LogP contribution in [0.4, 0.5) is 5.69 Å². The number of carbonyl (C=O) groups excluding carboxylic acids is 1. The predicted octanol–water partition coefficient (Wildman–Crippen LogP) is 3.00. The molecule has 112 valence electrons. The third-order valence-corrected chi connectivity index (χ3v) is 3.35. The largest absolute Gasteiger partial charge is 0.445 e. The van der Waals surface area contributed by atoms with Crippen molar-refractivity contribution in [1.82, 2.24) is 4.98 Å². The van der Waals surface area contributed by atoms with Gasteiger partial charge in [-0.2, -0.15) is 0 Å². The summed E-state index contributed by atoms with van der Waals surface area (Å²) in [6, 6.07) is 5.54. The molecule has 5 heteroatoms. The van der Waals surface area contributed by atoms with Crippen molar-refractivity contribution in [1.29, 1.82) is 0 Å². The summed E-state index contributed by atoms with van der Waals surface area (Å²) in [6.45, 7) is 5.71. The number of nitrogens with one attached hydrogen (secondary N) is 1. The molecule has 0 fully saturated rings. The molecule has 0 saturated carbocycles. The fraction of sp³-hybridized carbons (Fsp3) is 0.375. The number of carbonyl (C=O) groups is 1. The maximum atomic E-state index is 11.9. The van der Waals surface area contributed by atoms with Crippen molar-refractivity contribution in [2.45, 2.75) is 33.3 Å². The van der Waals surface area contributed by atoms with Crippen molar-refractivity contribution in [2.75, 3.05) is 5.32 Å². The van der Waals surface area contributed by atoms with Crippen LogP contribution in [0, 0.1) is 12.8 Å². The van der Waals surface area contributed by atoms with Crippen LogP contribution in [0.2, 0.25) is 0 Å². The summed E-state index contributed by atoms with van der Waals surface area (Å²) in [4.78, 5) is 16.0. The number of aromatic nitrogens is 1. The summed E-state index contributed by atoms with van der Waals surface area (Å²) in [7, 11) is 0. The third-order valence-electron chi connectivity index (χ3n) is 3.35. The van der Waals surface area contributed by atoms with E-state index in [0.717, 1.165) is 11.1 Å². The molecule has 2 rings (SSSR count). The summed E-state index contributed by atoms with van der Waals surface area (Å²) in [6.07, 6.45) is 2.54. The van der Waals surface area contributed by atoms with E-state index in [2.05, 4.69) is 10.3 Å². The van der Waals surface area contributed by atoms with Gasteiger partial charge in [0.15, 0.2) is 0 Å². The first kappa shape index (κ1) is 15.3. The molecule has 2 N–H and O–H groups in total. The van der Waals surface area contributed by atoms with E-state index in [1.54, 1.807) is 6.20 Å². The van der Waals surface area contributed by atoms with E-state index in [0.29, 0.717) is 11.6 Å². The summed E-state index contributed by atoms with van der Waals surface area (Å²) in [5, 5.41) is 12.5. The zero-order valence-electron chi connectivity index (χ0n) is 12.5. The number of benzene rings is 1. The molecule has 0 spiro atoms. The van der Waals surface area contributed by atoms with Gasteiger partial charge in [-0.1, -0.05) is 19.9 Å². The van der Waals surface area contributed by atoms with Crippen LogP contribution < -0.4 is 5.32 Å². The Kier molecular flexibility index (Phi) is 4.75. The van der Waals surface area contributed by atoms with Crippen molar-refractivity contribution < 1.29 is 14.3 Å². The van der Waals surface area contributed by atoms with Gasteiger partial charge in [-0.05, 0) is 30.5 Å². The zero-order chi connectivity index (χ0) is 15.4. The van der Waals surface area contributed by atoms with Gasteiger partial charge in [-0.3, -0.25) is 4.79 Å². The summed E-state index contributed by atoms with van der Waals surface area (Å²) < 4.78 is 5.29. The van der Waals surface area contributed by atoms with E-state index in [-0.39, 0.29) is 18.2 Å². The number of rotatable bonds is 5. The lowest BCUT2D eigenvalue weighted by Crippen LogP contribution is -2.23.